The molecule has 1 aromatic carbocycles. The number of benzene rings is 1. The Hall–Kier alpha value is -0.970. The van der Waals surface area contributed by atoms with E-state index in [1.807, 2.05) is 13.0 Å². The molecule has 0 radical (unpaired) electrons. The molecule has 16 heavy (non-hydrogen) atoms. The van der Waals surface area contributed by atoms with Gasteiger partial charge < -0.3 is 15.2 Å². The zero-order valence-electron chi connectivity index (χ0n) is 9.45. The summed E-state index contributed by atoms with van der Waals surface area (Å²) in [6.07, 6.45) is 0. The molecule has 1 aromatic rings. The first-order valence-corrected chi connectivity index (χ1v) is 5.42. The Morgan fingerprint density at radius 1 is 1.38 bits per heavy atom. The third kappa shape index (κ3) is 4.26. The number of aliphatic hydroxyl groups is 1. The molecule has 0 spiro atoms. The Morgan fingerprint density at radius 2 is 2.12 bits per heavy atom. The molecule has 1 rings (SSSR count). The van der Waals surface area contributed by atoms with Crippen molar-refractivity contribution in [3.63, 3.8) is 0 Å². The Kier molecular flexibility index (Phi) is 6.00. The van der Waals surface area contributed by atoms with Crippen LogP contribution >= 0.6 is 0 Å². The van der Waals surface area contributed by atoms with Crippen LogP contribution in [0.1, 0.15) is 18.5 Å². The van der Waals surface area contributed by atoms with E-state index in [-0.39, 0.29) is 18.5 Å². The fourth-order valence-corrected chi connectivity index (χ4v) is 1.45. The highest BCUT2D eigenvalue weighted by Crippen LogP contribution is 2.15. The molecule has 0 amide bonds. The summed E-state index contributed by atoms with van der Waals surface area (Å²) >= 11 is 0. The first kappa shape index (κ1) is 13.1. The normalized spacial score (nSPS) is 12.7. The minimum Gasteiger partial charge on any atom is -0.394 e. The van der Waals surface area contributed by atoms with Gasteiger partial charge >= 0.3 is 0 Å². The molecule has 0 unspecified atom stereocenters. The third-order valence-corrected chi connectivity index (χ3v) is 2.30. The van der Waals surface area contributed by atoms with Crippen molar-refractivity contribution in [3.8, 4) is 0 Å². The van der Waals surface area contributed by atoms with Gasteiger partial charge in [0.25, 0.3) is 0 Å². The second-order valence-corrected chi connectivity index (χ2v) is 3.53. The fraction of sp³-hybridized carbons (Fsp3) is 0.500. The summed E-state index contributed by atoms with van der Waals surface area (Å²) in [6.45, 7) is 3.43. The van der Waals surface area contributed by atoms with E-state index in [4.69, 9.17) is 9.84 Å². The Morgan fingerprint density at radius 3 is 2.81 bits per heavy atom. The Labute approximate surface area is 95.2 Å². The van der Waals surface area contributed by atoms with Crippen LogP contribution in [0.5, 0.6) is 0 Å². The molecule has 0 fully saturated rings. The van der Waals surface area contributed by atoms with Crippen LogP contribution in [0.3, 0.4) is 0 Å². The number of rotatable bonds is 7. The maximum atomic E-state index is 13.4. The summed E-state index contributed by atoms with van der Waals surface area (Å²) < 4.78 is 18.5. The Balaban J connectivity index is 2.30. The van der Waals surface area contributed by atoms with Crippen molar-refractivity contribution < 1.29 is 14.2 Å². The van der Waals surface area contributed by atoms with Crippen molar-refractivity contribution in [1.82, 2.24) is 5.32 Å². The topological polar surface area (TPSA) is 41.5 Å². The molecule has 2 N–H and O–H groups in total. The van der Waals surface area contributed by atoms with Gasteiger partial charge in [0.05, 0.1) is 19.8 Å². The van der Waals surface area contributed by atoms with Crippen LogP contribution < -0.4 is 5.32 Å². The minimum atomic E-state index is -0.196. The molecular weight excluding hydrogens is 209 g/mol. The number of hydrogen-bond donors (Lipinski definition) is 2. The van der Waals surface area contributed by atoms with Crippen LogP contribution in [0.2, 0.25) is 0 Å². The van der Waals surface area contributed by atoms with E-state index < -0.39 is 0 Å². The second-order valence-electron chi connectivity index (χ2n) is 3.53. The van der Waals surface area contributed by atoms with E-state index in [0.29, 0.717) is 25.3 Å². The summed E-state index contributed by atoms with van der Waals surface area (Å²) in [5, 5.41) is 11.6. The van der Waals surface area contributed by atoms with Crippen LogP contribution in [-0.4, -0.2) is 31.5 Å². The van der Waals surface area contributed by atoms with E-state index in [2.05, 4.69) is 5.32 Å². The van der Waals surface area contributed by atoms with Gasteiger partial charge in [0, 0.05) is 18.2 Å². The van der Waals surface area contributed by atoms with Gasteiger partial charge in [-0.15, -0.1) is 0 Å². The van der Waals surface area contributed by atoms with Crippen molar-refractivity contribution in [1.29, 1.82) is 0 Å². The van der Waals surface area contributed by atoms with Crippen molar-refractivity contribution in [2.75, 3.05) is 26.4 Å². The molecular formula is C12H18FNO2. The zero-order valence-corrected chi connectivity index (χ0v) is 9.45. The average molecular weight is 227 g/mol. The molecule has 0 aliphatic rings. The molecule has 4 heteroatoms. The van der Waals surface area contributed by atoms with Crippen LogP contribution in [0.15, 0.2) is 24.3 Å². The fourth-order valence-electron chi connectivity index (χ4n) is 1.45. The summed E-state index contributed by atoms with van der Waals surface area (Å²) in [5.74, 6) is -0.196. The SMILES string of the molecule is C[C@@H](NCCOCCO)c1ccccc1F. The van der Waals surface area contributed by atoms with E-state index in [1.54, 1.807) is 12.1 Å². The summed E-state index contributed by atoms with van der Waals surface area (Å²) in [4.78, 5) is 0. The number of ether oxygens (including phenoxy) is 1. The maximum Gasteiger partial charge on any atom is 0.127 e. The number of halogens is 1. The smallest absolute Gasteiger partial charge is 0.127 e. The molecule has 1 atom stereocenters. The highest BCUT2D eigenvalue weighted by molar-refractivity contribution is 5.20. The lowest BCUT2D eigenvalue weighted by atomic mass is 10.1. The first-order chi connectivity index (χ1) is 7.75. The molecule has 0 bridgehead atoms. The maximum absolute atomic E-state index is 13.4. The number of hydrogen-bond acceptors (Lipinski definition) is 3. The first-order valence-electron chi connectivity index (χ1n) is 5.42. The van der Waals surface area contributed by atoms with Gasteiger partial charge in [0.1, 0.15) is 5.82 Å². The standard InChI is InChI=1S/C12H18FNO2/c1-10(14-6-8-16-9-7-15)11-4-2-3-5-12(11)13/h2-5,10,14-15H,6-9H2,1H3/t10-/m1/s1. The molecule has 0 heterocycles. The predicted molar refractivity (Wildman–Crippen MR) is 60.7 cm³/mol. The molecule has 0 aromatic heterocycles. The lowest BCUT2D eigenvalue weighted by Gasteiger charge is -2.14. The highest BCUT2D eigenvalue weighted by atomic mass is 19.1. The van der Waals surface area contributed by atoms with Crippen LogP contribution in [0.4, 0.5) is 4.39 Å². The molecule has 0 saturated carbocycles. The molecule has 3 nitrogen and oxygen atoms in total. The van der Waals surface area contributed by atoms with E-state index in [9.17, 15) is 4.39 Å². The van der Waals surface area contributed by atoms with Gasteiger partial charge in [-0.25, -0.2) is 4.39 Å². The van der Waals surface area contributed by atoms with Gasteiger partial charge in [0.2, 0.25) is 0 Å². The number of aliphatic hydroxyl groups excluding tert-OH is 1. The predicted octanol–water partition coefficient (Wildman–Crippen LogP) is 1.49. The summed E-state index contributed by atoms with van der Waals surface area (Å²) in [6, 6.07) is 6.67. The van der Waals surface area contributed by atoms with Gasteiger partial charge in [-0.2, -0.15) is 0 Å². The molecule has 90 valence electrons. The molecule has 0 aliphatic heterocycles. The van der Waals surface area contributed by atoms with Crippen molar-refractivity contribution in [3.05, 3.63) is 35.6 Å². The monoisotopic (exact) mass is 227 g/mol. The largest absolute Gasteiger partial charge is 0.394 e. The summed E-state index contributed by atoms with van der Waals surface area (Å²) in [7, 11) is 0. The third-order valence-electron chi connectivity index (χ3n) is 2.30. The van der Waals surface area contributed by atoms with Crippen molar-refractivity contribution >= 4 is 0 Å². The minimum absolute atomic E-state index is 0.0306. The van der Waals surface area contributed by atoms with Crippen molar-refractivity contribution in [2.45, 2.75) is 13.0 Å². The lowest BCUT2D eigenvalue weighted by molar-refractivity contribution is 0.0928. The van der Waals surface area contributed by atoms with Crippen LogP contribution in [0, 0.1) is 5.82 Å². The van der Waals surface area contributed by atoms with Crippen molar-refractivity contribution in [2.24, 2.45) is 0 Å². The Bertz CT molecular complexity index is 307. The highest BCUT2D eigenvalue weighted by Gasteiger charge is 2.08. The van der Waals surface area contributed by atoms with Gasteiger partial charge in [-0.1, -0.05) is 18.2 Å². The number of nitrogens with one attached hydrogen (secondary N) is 1. The van der Waals surface area contributed by atoms with Crippen LogP contribution in [-0.2, 0) is 4.74 Å². The average Bonchev–Trinajstić information content (AvgIpc) is 2.29. The summed E-state index contributed by atoms with van der Waals surface area (Å²) in [5.41, 5.74) is 0.657. The van der Waals surface area contributed by atoms with Gasteiger partial charge in [-0.3, -0.25) is 0 Å². The van der Waals surface area contributed by atoms with E-state index in [0.717, 1.165) is 0 Å². The van der Waals surface area contributed by atoms with E-state index in [1.165, 1.54) is 6.07 Å². The molecule has 0 saturated heterocycles. The van der Waals surface area contributed by atoms with Crippen LogP contribution in [0.25, 0.3) is 0 Å². The lowest BCUT2D eigenvalue weighted by Crippen LogP contribution is -2.24. The van der Waals surface area contributed by atoms with Gasteiger partial charge in [-0.05, 0) is 13.0 Å². The van der Waals surface area contributed by atoms with E-state index >= 15 is 0 Å². The zero-order chi connectivity index (χ0) is 11.8. The van der Waals surface area contributed by atoms with Gasteiger partial charge in [0.15, 0.2) is 0 Å². The quantitative estimate of drug-likeness (QED) is 0.693. The second kappa shape index (κ2) is 7.33. The molecule has 0 aliphatic carbocycles.